The van der Waals surface area contributed by atoms with Crippen LogP contribution in [0.15, 0.2) is 16.7 Å². The van der Waals surface area contributed by atoms with E-state index in [-0.39, 0.29) is 36.1 Å². The topological polar surface area (TPSA) is 109 Å². The first-order valence-corrected chi connectivity index (χ1v) is 7.23. The maximum absolute atomic E-state index is 12.0. The summed E-state index contributed by atoms with van der Waals surface area (Å²) in [7, 11) is 0. The first-order valence-electron chi connectivity index (χ1n) is 6.44. The number of anilines is 1. The zero-order chi connectivity index (χ0) is 16.0. The van der Waals surface area contributed by atoms with Gasteiger partial charge in [0.15, 0.2) is 5.82 Å². The largest absolute Gasteiger partial charge is 0.351 e. The minimum absolute atomic E-state index is 0.118. The van der Waals surface area contributed by atoms with E-state index in [1.165, 1.54) is 6.20 Å². The Morgan fingerprint density at radius 2 is 2.05 bits per heavy atom. The molecule has 8 heteroatoms. The summed E-state index contributed by atoms with van der Waals surface area (Å²) in [6.07, 6.45) is 1.73. The van der Waals surface area contributed by atoms with Crippen LogP contribution in [-0.4, -0.2) is 28.9 Å². The van der Waals surface area contributed by atoms with Crippen molar-refractivity contribution in [2.45, 2.75) is 32.7 Å². The highest BCUT2D eigenvalue weighted by Gasteiger charge is 2.15. The minimum atomic E-state index is -0.347. The van der Waals surface area contributed by atoms with Gasteiger partial charge in [-0.25, -0.2) is 10.8 Å². The third-order valence-electron chi connectivity index (χ3n) is 2.39. The molecule has 1 aromatic heterocycles. The minimum Gasteiger partial charge on any atom is -0.351 e. The lowest BCUT2D eigenvalue weighted by molar-refractivity contribution is -0.122. The third-order valence-corrected chi connectivity index (χ3v) is 2.82. The van der Waals surface area contributed by atoms with Crippen LogP contribution in [0.25, 0.3) is 0 Å². The van der Waals surface area contributed by atoms with E-state index >= 15 is 0 Å². The molecule has 1 rings (SSSR count). The summed E-state index contributed by atoms with van der Waals surface area (Å²) >= 11 is 3.24. The van der Waals surface area contributed by atoms with Crippen LogP contribution in [0.2, 0.25) is 0 Å². The fraction of sp³-hybridized carbons (Fsp3) is 0.462. The Balaban J connectivity index is 2.55. The highest BCUT2D eigenvalue weighted by Crippen LogP contribution is 2.17. The molecule has 0 unspecified atom stereocenters. The second-order valence-corrected chi connectivity index (χ2v) is 6.41. The van der Waals surface area contributed by atoms with E-state index in [9.17, 15) is 9.59 Å². The molecule has 0 saturated carbocycles. The fourth-order valence-electron chi connectivity index (χ4n) is 1.59. The predicted molar refractivity (Wildman–Crippen MR) is 84.6 cm³/mol. The Kier molecular flexibility index (Phi) is 6.10. The molecule has 0 radical (unpaired) electrons. The third kappa shape index (κ3) is 6.09. The highest BCUT2D eigenvalue weighted by atomic mass is 79.9. The molecule has 0 bridgehead atoms. The molecule has 0 aliphatic rings. The second kappa shape index (κ2) is 7.37. The van der Waals surface area contributed by atoms with Crippen LogP contribution in [-0.2, 0) is 4.79 Å². The van der Waals surface area contributed by atoms with Gasteiger partial charge in [-0.1, -0.05) is 0 Å². The predicted octanol–water partition coefficient (Wildman–Crippen LogP) is 1.16. The van der Waals surface area contributed by atoms with Gasteiger partial charge in [-0.2, -0.15) is 0 Å². The first-order chi connectivity index (χ1) is 9.73. The molecule has 5 N–H and O–H groups in total. The standard InChI is InChI=1S/C13H20BrN5O2/c1-13(2,3)18-10(20)4-5-16-12(21)9-6-8(14)7-17-11(9)19-15/h6-7H,4-5,15H2,1-3H3,(H,16,21)(H,17,19)(H,18,20). The van der Waals surface area contributed by atoms with E-state index < -0.39 is 0 Å². The van der Waals surface area contributed by atoms with Crippen molar-refractivity contribution in [1.29, 1.82) is 0 Å². The molecule has 1 heterocycles. The van der Waals surface area contributed by atoms with Gasteiger partial charge in [-0.15, -0.1) is 0 Å². The number of hydrogen-bond acceptors (Lipinski definition) is 5. The highest BCUT2D eigenvalue weighted by molar-refractivity contribution is 9.10. The molecule has 116 valence electrons. The molecule has 7 nitrogen and oxygen atoms in total. The number of hydrazine groups is 1. The van der Waals surface area contributed by atoms with Crippen LogP contribution in [0, 0.1) is 0 Å². The van der Waals surface area contributed by atoms with Gasteiger partial charge in [0.05, 0.1) is 5.56 Å². The van der Waals surface area contributed by atoms with Gasteiger partial charge < -0.3 is 16.1 Å². The van der Waals surface area contributed by atoms with Gasteiger partial charge in [0.1, 0.15) is 0 Å². The summed E-state index contributed by atoms with van der Waals surface area (Å²) in [4.78, 5) is 27.7. The number of halogens is 1. The Morgan fingerprint density at radius 1 is 1.38 bits per heavy atom. The van der Waals surface area contributed by atoms with Gasteiger partial charge in [-0.05, 0) is 42.8 Å². The zero-order valence-electron chi connectivity index (χ0n) is 12.3. The molecular formula is C13H20BrN5O2. The van der Waals surface area contributed by atoms with E-state index in [4.69, 9.17) is 5.84 Å². The second-order valence-electron chi connectivity index (χ2n) is 5.50. The average Bonchev–Trinajstić information content (AvgIpc) is 2.36. The van der Waals surface area contributed by atoms with E-state index in [0.29, 0.717) is 10.0 Å². The number of carbonyl (C=O) groups is 2. The summed E-state index contributed by atoms with van der Waals surface area (Å²) in [5.74, 6) is 5.12. The van der Waals surface area contributed by atoms with E-state index in [2.05, 4.69) is 37.0 Å². The molecule has 0 spiro atoms. The average molecular weight is 358 g/mol. The summed E-state index contributed by atoms with van der Waals surface area (Å²) in [6, 6.07) is 1.60. The summed E-state index contributed by atoms with van der Waals surface area (Å²) in [5.41, 5.74) is 2.38. The van der Waals surface area contributed by atoms with E-state index in [1.807, 2.05) is 20.8 Å². The summed E-state index contributed by atoms with van der Waals surface area (Å²) < 4.78 is 0.664. The molecule has 1 aromatic rings. The number of pyridine rings is 1. The molecule has 0 saturated heterocycles. The normalized spacial score (nSPS) is 10.9. The lowest BCUT2D eigenvalue weighted by Gasteiger charge is -2.20. The number of nitrogens with zero attached hydrogens (tertiary/aromatic N) is 1. The van der Waals surface area contributed by atoms with Crippen LogP contribution in [0.1, 0.15) is 37.6 Å². The van der Waals surface area contributed by atoms with Crippen LogP contribution in [0.5, 0.6) is 0 Å². The zero-order valence-corrected chi connectivity index (χ0v) is 13.9. The van der Waals surface area contributed by atoms with Crippen molar-refractivity contribution < 1.29 is 9.59 Å². The summed E-state index contributed by atoms with van der Waals surface area (Å²) in [6.45, 7) is 5.93. The molecule has 2 amide bonds. The molecule has 21 heavy (non-hydrogen) atoms. The SMILES string of the molecule is CC(C)(C)NC(=O)CCNC(=O)c1cc(Br)cnc1NN. The Labute approximate surface area is 132 Å². The van der Waals surface area contributed by atoms with Gasteiger partial charge in [-0.3, -0.25) is 9.59 Å². The van der Waals surface area contributed by atoms with Crippen molar-refractivity contribution in [1.82, 2.24) is 15.6 Å². The molecule has 0 atom stereocenters. The lowest BCUT2D eigenvalue weighted by atomic mass is 10.1. The Morgan fingerprint density at radius 3 is 2.62 bits per heavy atom. The van der Waals surface area contributed by atoms with Crippen LogP contribution >= 0.6 is 15.9 Å². The number of nitrogens with two attached hydrogens (primary N) is 1. The fourth-order valence-corrected chi connectivity index (χ4v) is 1.92. The number of amides is 2. The monoisotopic (exact) mass is 357 g/mol. The molecule has 0 aliphatic carbocycles. The van der Waals surface area contributed by atoms with Crippen molar-refractivity contribution in [3.05, 3.63) is 22.3 Å². The smallest absolute Gasteiger partial charge is 0.255 e. The van der Waals surface area contributed by atoms with Crippen molar-refractivity contribution in [2.75, 3.05) is 12.0 Å². The quantitative estimate of drug-likeness (QED) is 0.467. The number of rotatable bonds is 5. The number of aromatic nitrogens is 1. The molecule has 0 aromatic carbocycles. The maximum atomic E-state index is 12.0. The van der Waals surface area contributed by atoms with Crippen LogP contribution in [0.3, 0.4) is 0 Å². The molecule has 0 fully saturated rings. The molecular weight excluding hydrogens is 338 g/mol. The number of carbonyl (C=O) groups excluding carboxylic acids is 2. The van der Waals surface area contributed by atoms with Crippen molar-refractivity contribution in [2.24, 2.45) is 5.84 Å². The van der Waals surface area contributed by atoms with Gasteiger partial charge >= 0.3 is 0 Å². The number of hydrogen-bond donors (Lipinski definition) is 4. The van der Waals surface area contributed by atoms with E-state index in [1.54, 1.807) is 6.07 Å². The van der Waals surface area contributed by atoms with Crippen molar-refractivity contribution in [3.8, 4) is 0 Å². The van der Waals surface area contributed by atoms with Gasteiger partial charge in [0.25, 0.3) is 5.91 Å². The van der Waals surface area contributed by atoms with Crippen LogP contribution in [0.4, 0.5) is 5.82 Å². The molecule has 0 aliphatic heterocycles. The lowest BCUT2D eigenvalue weighted by Crippen LogP contribution is -2.42. The number of nitrogen functional groups attached to an aromatic ring is 1. The number of nitrogens with one attached hydrogen (secondary N) is 3. The van der Waals surface area contributed by atoms with Crippen LogP contribution < -0.4 is 21.9 Å². The Hall–Kier alpha value is -1.67. The van der Waals surface area contributed by atoms with Crippen molar-refractivity contribution in [3.63, 3.8) is 0 Å². The van der Waals surface area contributed by atoms with Gasteiger partial charge in [0.2, 0.25) is 5.91 Å². The first kappa shape index (κ1) is 17.4. The summed E-state index contributed by atoms with van der Waals surface area (Å²) in [5, 5.41) is 5.48. The Bertz CT molecular complexity index is 528. The maximum Gasteiger partial charge on any atom is 0.255 e. The van der Waals surface area contributed by atoms with Crippen molar-refractivity contribution >= 4 is 33.6 Å². The van der Waals surface area contributed by atoms with Gasteiger partial charge in [0, 0.05) is 29.2 Å². The van der Waals surface area contributed by atoms with E-state index in [0.717, 1.165) is 0 Å².